The average molecular weight is 455 g/mol. The molecule has 0 aromatic heterocycles. The van der Waals surface area contributed by atoms with E-state index in [1.807, 2.05) is 0 Å². The lowest BCUT2D eigenvalue weighted by atomic mass is 10.1. The zero-order valence-corrected chi connectivity index (χ0v) is 18.1. The fourth-order valence-corrected chi connectivity index (χ4v) is 3.39. The third-order valence-corrected chi connectivity index (χ3v) is 4.91. The van der Waals surface area contributed by atoms with Crippen LogP contribution < -0.4 is 9.47 Å². The number of carbonyl (C=O) groups is 1. The van der Waals surface area contributed by atoms with E-state index in [-0.39, 0.29) is 11.6 Å². The molecule has 3 rings (SSSR count). The van der Waals surface area contributed by atoms with Gasteiger partial charge in [-0.2, -0.15) is 0 Å². The Bertz CT molecular complexity index is 1000. The summed E-state index contributed by atoms with van der Waals surface area (Å²) in [6.45, 7) is 2.61. The Morgan fingerprint density at radius 1 is 1.14 bits per heavy atom. The van der Waals surface area contributed by atoms with Gasteiger partial charge in [-0.3, -0.25) is 0 Å². The van der Waals surface area contributed by atoms with Crippen LogP contribution in [-0.2, 0) is 9.53 Å². The maximum Gasteiger partial charge on any atom is 0.363 e. The largest absolute Gasteiger partial charge is 0.493 e. The number of benzene rings is 2. The van der Waals surface area contributed by atoms with Crippen LogP contribution in [0.3, 0.4) is 0 Å². The van der Waals surface area contributed by atoms with Crippen molar-refractivity contribution in [3.63, 3.8) is 0 Å². The number of esters is 1. The Balaban J connectivity index is 1.91. The molecule has 0 aliphatic carbocycles. The molecule has 5 nitrogen and oxygen atoms in total. The molecule has 0 saturated heterocycles. The molecule has 0 unspecified atom stereocenters. The monoisotopic (exact) mass is 453 g/mol. The first-order valence-electron chi connectivity index (χ1n) is 8.91. The Labute approximate surface area is 183 Å². The second-order valence-electron chi connectivity index (χ2n) is 6.20. The average Bonchev–Trinajstić information content (AvgIpc) is 3.03. The van der Waals surface area contributed by atoms with E-state index in [4.69, 9.17) is 49.0 Å². The number of cyclic esters (lactones) is 1. The standard InChI is InChI=1S/C21H18Cl3NO4/c1-3-4-7-28-19-16(24)8-12(10-18(19)27-2)9-17-21(26)29-20(25-17)14-6-5-13(22)11-15(14)23/h5-6,8-11H,3-4,7H2,1-2H3/b17-9-. The first-order valence-corrected chi connectivity index (χ1v) is 10.0. The summed E-state index contributed by atoms with van der Waals surface area (Å²) in [6, 6.07) is 8.23. The topological polar surface area (TPSA) is 57.1 Å². The van der Waals surface area contributed by atoms with Gasteiger partial charge in [-0.15, -0.1) is 0 Å². The Kier molecular flexibility index (Phi) is 7.06. The van der Waals surface area contributed by atoms with Crippen LogP contribution in [0, 0.1) is 0 Å². The van der Waals surface area contributed by atoms with E-state index in [9.17, 15) is 4.79 Å². The lowest BCUT2D eigenvalue weighted by Gasteiger charge is -2.13. The van der Waals surface area contributed by atoms with Gasteiger partial charge in [0.2, 0.25) is 5.90 Å². The Morgan fingerprint density at radius 2 is 1.93 bits per heavy atom. The van der Waals surface area contributed by atoms with Crippen molar-refractivity contribution in [2.24, 2.45) is 4.99 Å². The molecule has 2 aromatic rings. The van der Waals surface area contributed by atoms with Gasteiger partial charge in [-0.05, 0) is 48.4 Å². The van der Waals surface area contributed by atoms with Crippen LogP contribution in [0.15, 0.2) is 41.0 Å². The summed E-state index contributed by atoms with van der Waals surface area (Å²) < 4.78 is 16.4. The summed E-state index contributed by atoms with van der Waals surface area (Å²) in [5, 5.41) is 1.19. The minimum absolute atomic E-state index is 0.112. The molecule has 29 heavy (non-hydrogen) atoms. The molecule has 0 N–H and O–H groups in total. The number of hydrogen-bond acceptors (Lipinski definition) is 5. The molecule has 0 amide bonds. The minimum atomic E-state index is -0.593. The van der Waals surface area contributed by atoms with E-state index in [2.05, 4.69) is 11.9 Å². The van der Waals surface area contributed by atoms with Gasteiger partial charge in [0.1, 0.15) is 0 Å². The Hall–Kier alpha value is -2.21. The molecular weight excluding hydrogens is 437 g/mol. The van der Waals surface area contributed by atoms with Gasteiger partial charge in [-0.1, -0.05) is 48.1 Å². The van der Waals surface area contributed by atoms with E-state index in [1.54, 1.807) is 36.4 Å². The number of halogens is 3. The summed E-state index contributed by atoms with van der Waals surface area (Å²) in [7, 11) is 1.53. The van der Waals surface area contributed by atoms with Gasteiger partial charge < -0.3 is 14.2 Å². The molecule has 1 aliphatic rings. The smallest absolute Gasteiger partial charge is 0.363 e. The molecule has 0 spiro atoms. The lowest BCUT2D eigenvalue weighted by molar-refractivity contribution is -0.129. The highest BCUT2D eigenvalue weighted by Crippen LogP contribution is 2.37. The van der Waals surface area contributed by atoms with Crippen molar-refractivity contribution in [3.8, 4) is 11.5 Å². The molecule has 0 saturated carbocycles. The summed E-state index contributed by atoms with van der Waals surface area (Å²) in [6.07, 6.45) is 3.47. The van der Waals surface area contributed by atoms with Gasteiger partial charge in [0.25, 0.3) is 0 Å². The molecule has 0 atom stereocenters. The number of aliphatic imine (C=N–C) groups is 1. The molecule has 8 heteroatoms. The predicted molar refractivity (Wildman–Crippen MR) is 115 cm³/mol. The van der Waals surface area contributed by atoms with Crippen LogP contribution in [0.1, 0.15) is 30.9 Å². The predicted octanol–water partition coefficient (Wildman–Crippen LogP) is 6.18. The maximum atomic E-state index is 12.3. The van der Waals surface area contributed by atoms with E-state index < -0.39 is 5.97 Å². The van der Waals surface area contributed by atoms with Gasteiger partial charge in [0, 0.05) is 5.02 Å². The Morgan fingerprint density at radius 3 is 2.62 bits per heavy atom. The van der Waals surface area contributed by atoms with Crippen LogP contribution in [0.2, 0.25) is 15.1 Å². The molecule has 1 aliphatic heterocycles. The van der Waals surface area contributed by atoms with Crippen LogP contribution in [0.25, 0.3) is 6.08 Å². The highest BCUT2D eigenvalue weighted by molar-refractivity contribution is 6.37. The fourth-order valence-electron chi connectivity index (χ4n) is 2.63. The first-order chi connectivity index (χ1) is 13.9. The normalized spacial score (nSPS) is 14.7. The molecule has 1 heterocycles. The summed E-state index contributed by atoms with van der Waals surface area (Å²) in [5.41, 5.74) is 1.21. The molecule has 0 fully saturated rings. The van der Waals surface area contributed by atoms with Crippen molar-refractivity contribution in [2.45, 2.75) is 19.8 Å². The van der Waals surface area contributed by atoms with Crippen LogP contribution >= 0.6 is 34.8 Å². The van der Waals surface area contributed by atoms with Crippen molar-refractivity contribution in [2.75, 3.05) is 13.7 Å². The van der Waals surface area contributed by atoms with Crippen molar-refractivity contribution >= 4 is 52.7 Å². The van der Waals surface area contributed by atoms with Gasteiger partial charge in [0.15, 0.2) is 17.2 Å². The number of rotatable bonds is 7. The van der Waals surface area contributed by atoms with Crippen LogP contribution in [0.4, 0.5) is 0 Å². The summed E-state index contributed by atoms with van der Waals surface area (Å²) >= 11 is 18.4. The zero-order valence-electron chi connectivity index (χ0n) is 15.8. The van der Waals surface area contributed by atoms with E-state index in [0.29, 0.717) is 44.3 Å². The molecular formula is C21H18Cl3NO4. The highest BCUT2D eigenvalue weighted by atomic mass is 35.5. The lowest BCUT2D eigenvalue weighted by Crippen LogP contribution is -2.06. The highest BCUT2D eigenvalue weighted by Gasteiger charge is 2.26. The SMILES string of the molecule is CCCCOc1c(Cl)cc(/C=C2\N=C(c3ccc(Cl)cc3Cl)OC2=O)cc1OC. The number of unbranched alkanes of at least 4 members (excludes halogenated alkanes) is 1. The number of nitrogens with zero attached hydrogens (tertiary/aromatic N) is 1. The van der Waals surface area contributed by atoms with Crippen molar-refractivity contribution in [1.82, 2.24) is 0 Å². The van der Waals surface area contributed by atoms with Crippen LogP contribution in [0.5, 0.6) is 11.5 Å². The maximum absolute atomic E-state index is 12.3. The fraction of sp³-hybridized carbons (Fsp3) is 0.238. The number of carbonyl (C=O) groups excluding carboxylic acids is 1. The summed E-state index contributed by atoms with van der Waals surface area (Å²) in [5.74, 6) is 0.456. The van der Waals surface area contributed by atoms with E-state index >= 15 is 0 Å². The van der Waals surface area contributed by atoms with Gasteiger partial charge in [0.05, 0.1) is 29.3 Å². The first kappa shape index (κ1) is 21.5. The second-order valence-corrected chi connectivity index (χ2v) is 7.45. The zero-order chi connectivity index (χ0) is 21.0. The molecule has 0 bridgehead atoms. The third-order valence-electron chi connectivity index (χ3n) is 4.08. The van der Waals surface area contributed by atoms with Crippen molar-refractivity contribution < 1.29 is 19.0 Å². The van der Waals surface area contributed by atoms with Crippen molar-refractivity contribution in [3.05, 3.63) is 62.2 Å². The van der Waals surface area contributed by atoms with Gasteiger partial charge in [-0.25, -0.2) is 9.79 Å². The van der Waals surface area contributed by atoms with E-state index in [1.165, 1.54) is 7.11 Å². The molecule has 2 aromatic carbocycles. The quantitative estimate of drug-likeness (QED) is 0.285. The second kappa shape index (κ2) is 9.53. The van der Waals surface area contributed by atoms with Gasteiger partial charge >= 0.3 is 5.97 Å². The molecule has 0 radical (unpaired) electrons. The summed E-state index contributed by atoms with van der Waals surface area (Å²) in [4.78, 5) is 16.5. The minimum Gasteiger partial charge on any atom is -0.493 e. The number of ether oxygens (including phenoxy) is 3. The molecule has 152 valence electrons. The number of methoxy groups -OCH3 is 1. The van der Waals surface area contributed by atoms with E-state index in [0.717, 1.165) is 12.8 Å². The third kappa shape index (κ3) is 5.04. The van der Waals surface area contributed by atoms with Crippen molar-refractivity contribution in [1.29, 1.82) is 0 Å². The number of hydrogen-bond donors (Lipinski definition) is 0. The van der Waals surface area contributed by atoms with Crippen LogP contribution in [-0.4, -0.2) is 25.6 Å².